The average Bonchev–Trinajstić information content (AvgIpc) is 3.33. The molecule has 0 spiro atoms. The maximum atomic E-state index is 15.4. The Morgan fingerprint density at radius 3 is 1.74 bits per heavy atom. The number of aromatic hydroxyl groups is 1. The Kier molecular flexibility index (Phi) is 9.97. The van der Waals surface area contributed by atoms with Crippen LogP contribution in [-0.2, 0) is 14.4 Å². The predicted molar refractivity (Wildman–Crippen MR) is 223 cm³/mol. The molecule has 0 aliphatic heterocycles. The van der Waals surface area contributed by atoms with Gasteiger partial charge in [-0.25, -0.2) is 0 Å². The Morgan fingerprint density at radius 2 is 1.22 bits per heavy atom. The molecule has 0 bridgehead atoms. The molecular formula is C45H48N2O11. The zero-order chi connectivity index (χ0) is 41.3. The average molecular weight is 793 g/mol. The van der Waals surface area contributed by atoms with E-state index in [2.05, 4.69) is 10.6 Å². The first-order chi connectivity index (χ1) is 27.8. The zero-order valence-corrected chi connectivity index (χ0v) is 33.3. The van der Waals surface area contributed by atoms with Crippen molar-refractivity contribution in [2.45, 2.75) is 71.1 Å². The zero-order valence-electron chi connectivity index (χ0n) is 33.3. The minimum Gasteiger partial charge on any atom is -0.504 e. The van der Waals surface area contributed by atoms with Crippen LogP contribution in [0.3, 0.4) is 0 Å². The van der Waals surface area contributed by atoms with E-state index in [9.17, 15) is 34.5 Å². The van der Waals surface area contributed by atoms with Crippen molar-refractivity contribution in [3.63, 3.8) is 0 Å². The monoisotopic (exact) mass is 792 g/mol. The van der Waals surface area contributed by atoms with Gasteiger partial charge in [0.25, 0.3) is 0 Å². The molecule has 13 nitrogen and oxygen atoms in total. The van der Waals surface area contributed by atoms with Crippen molar-refractivity contribution < 1.29 is 43.9 Å². The normalized spacial score (nSPS) is 21.9. The number of phenols is 1. The van der Waals surface area contributed by atoms with E-state index in [1.165, 1.54) is 34.3 Å². The number of ketones is 1. The molecule has 5 aromatic carbocycles. The van der Waals surface area contributed by atoms with Gasteiger partial charge in [-0.1, -0.05) is 11.6 Å². The van der Waals surface area contributed by atoms with Gasteiger partial charge in [0.05, 0.1) is 55.5 Å². The summed E-state index contributed by atoms with van der Waals surface area (Å²) in [6, 6.07) is 3.07. The lowest BCUT2D eigenvalue weighted by molar-refractivity contribution is -0.144. The van der Waals surface area contributed by atoms with E-state index in [1.54, 1.807) is 13.0 Å². The lowest BCUT2D eigenvalue weighted by Gasteiger charge is -2.28. The number of Topliss-reactive ketones (excluding diaryl/α,β-unsaturated/α-hetero) is 1. The van der Waals surface area contributed by atoms with Crippen LogP contribution in [0.2, 0.25) is 0 Å². The highest BCUT2D eigenvalue weighted by atomic mass is 16.5. The van der Waals surface area contributed by atoms with E-state index in [4.69, 9.17) is 14.2 Å². The van der Waals surface area contributed by atoms with Gasteiger partial charge >= 0.3 is 11.9 Å². The fourth-order valence-electron chi connectivity index (χ4n) is 10.3. The summed E-state index contributed by atoms with van der Waals surface area (Å²) >= 11 is 0. The quantitative estimate of drug-likeness (QED) is 0.0623. The van der Waals surface area contributed by atoms with E-state index in [-0.39, 0.29) is 45.9 Å². The number of rotatable bonds is 12. The van der Waals surface area contributed by atoms with Gasteiger partial charge < -0.3 is 40.2 Å². The first kappa shape index (κ1) is 39.0. The number of benzene rings is 5. The number of ether oxygens (including phenoxy) is 3. The largest absolute Gasteiger partial charge is 0.504 e. The van der Waals surface area contributed by atoms with Crippen LogP contribution in [0.4, 0.5) is 11.4 Å². The minimum absolute atomic E-state index is 0.0118. The Labute approximate surface area is 333 Å². The number of aliphatic carboxylic acids is 2. The summed E-state index contributed by atoms with van der Waals surface area (Å²) < 4.78 is 17.9. The molecule has 58 heavy (non-hydrogen) atoms. The van der Waals surface area contributed by atoms with Crippen molar-refractivity contribution in [3.05, 3.63) is 49.3 Å². The molecular weight excluding hydrogens is 744 g/mol. The predicted octanol–water partition coefficient (Wildman–Crippen LogP) is 7.32. The number of carboxylic acid groups (broad SMARTS) is 2. The molecule has 0 heterocycles. The Balaban J connectivity index is 1.48. The van der Waals surface area contributed by atoms with Crippen molar-refractivity contribution in [3.8, 4) is 23.0 Å². The summed E-state index contributed by atoms with van der Waals surface area (Å²) in [6.07, 6.45) is 6.82. The molecule has 8 rings (SSSR count). The number of anilines is 2. The Hall–Kier alpha value is -5.85. The number of hydrogen-bond acceptors (Lipinski definition) is 11. The Bertz CT molecular complexity index is 2670. The third-order valence-electron chi connectivity index (χ3n) is 13.2. The van der Waals surface area contributed by atoms with Crippen molar-refractivity contribution in [1.82, 2.24) is 0 Å². The van der Waals surface area contributed by atoms with E-state index >= 15 is 4.79 Å². The summed E-state index contributed by atoms with van der Waals surface area (Å²) in [5, 5.41) is 41.4. The number of carboxylic acids is 2. The number of allylic oxidation sites excluding steroid dienone is 1. The molecule has 0 saturated heterocycles. The van der Waals surface area contributed by atoms with Gasteiger partial charge in [0.1, 0.15) is 17.3 Å². The van der Waals surface area contributed by atoms with Gasteiger partial charge in [-0.05, 0) is 82.4 Å². The number of carbonyl (C=O) groups is 3. The summed E-state index contributed by atoms with van der Waals surface area (Å²) in [5.41, 5.74) is 1.47. The highest BCUT2D eigenvalue weighted by Crippen LogP contribution is 2.57. The Morgan fingerprint density at radius 1 is 0.690 bits per heavy atom. The fourth-order valence-corrected chi connectivity index (χ4v) is 10.3. The molecule has 304 valence electrons. The van der Waals surface area contributed by atoms with Crippen LogP contribution in [0.5, 0.6) is 23.0 Å². The summed E-state index contributed by atoms with van der Waals surface area (Å²) in [6.45, 7) is 4.14. The van der Waals surface area contributed by atoms with Crippen LogP contribution in [-0.4, -0.2) is 67.5 Å². The summed E-state index contributed by atoms with van der Waals surface area (Å²) in [4.78, 5) is 66.7. The minimum atomic E-state index is -0.920. The number of nitrogens with one attached hydrogen (secondary N) is 2. The van der Waals surface area contributed by atoms with Crippen LogP contribution in [0.15, 0.2) is 27.3 Å². The van der Waals surface area contributed by atoms with Gasteiger partial charge in [0.2, 0.25) is 5.43 Å². The number of methoxy groups -OCH3 is 3. The van der Waals surface area contributed by atoms with Gasteiger partial charge in [0, 0.05) is 69.0 Å². The highest BCUT2D eigenvalue weighted by molar-refractivity contribution is 6.40. The van der Waals surface area contributed by atoms with Crippen molar-refractivity contribution in [2.24, 2.45) is 23.7 Å². The third kappa shape index (κ3) is 6.00. The summed E-state index contributed by atoms with van der Waals surface area (Å²) in [5.74, 6) is -3.08. The third-order valence-corrected chi connectivity index (χ3v) is 13.2. The lowest BCUT2D eigenvalue weighted by Crippen LogP contribution is -2.27. The maximum Gasteiger partial charge on any atom is 0.306 e. The number of phenolic OH excluding ortho intramolecular Hbond substituents is 1. The van der Waals surface area contributed by atoms with Gasteiger partial charge in [-0.15, -0.1) is 0 Å². The molecule has 13 heteroatoms. The SMILES string of the molecule is COc1c(O)c2c(=O)cc(OC)c3c4c(OC)cc(NCC5CCC(C(=O)O)CC5)c5c(=O)c(NCC6CCC(C(=O)O)CC6)c6c(c(c1C(C(C)=O)C(C)=C6)c23)c54. The topological polar surface area (TPSA) is 198 Å². The molecule has 0 radical (unpaired) electrons. The van der Waals surface area contributed by atoms with Crippen LogP contribution in [0.25, 0.3) is 49.2 Å². The van der Waals surface area contributed by atoms with E-state index < -0.39 is 35.0 Å². The van der Waals surface area contributed by atoms with E-state index in [1.807, 2.05) is 6.08 Å². The molecule has 5 N–H and O–H groups in total. The van der Waals surface area contributed by atoms with Crippen LogP contribution < -0.4 is 35.7 Å². The second-order valence-corrected chi connectivity index (χ2v) is 16.4. The fraction of sp³-hybridized carbons (Fsp3) is 0.444. The molecule has 5 aromatic rings. The summed E-state index contributed by atoms with van der Waals surface area (Å²) in [7, 11) is 4.35. The van der Waals surface area contributed by atoms with Crippen molar-refractivity contribution >= 4 is 78.3 Å². The van der Waals surface area contributed by atoms with E-state index in [0.717, 1.165) is 0 Å². The van der Waals surface area contributed by atoms with Crippen molar-refractivity contribution in [1.29, 1.82) is 0 Å². The maximum absolute atomic E-state index is 15.4. The molecule has 3 aliphatic carbocycles. The molecule has 1 unspecified atom stereocenters. The second kappa shape index (κ2) is 14.8. The molecule has 1 atom stereocenters. The molecule has 2 saturated carbocycles. The molecule has 2 fully saturated rings. The van der Waals surface area contributed by atoms with Gasteiger partial charge in [0.15, 0.2) is 16.9 Å². The van der Waals surface area contributed by atoms with E-state index in [0.29, 0.717) is 136 Å². The van der Waals surface area contributed by atoms with Crippen LogP contribution in [0, 0.1) is 23.7 Å². The van der Waals surface area contributed by atoms with Crippen LogP contribution in [0.1, 0.15) is 82.3 Å². The number of fused-ring (bicyclic) bond motifs is 1. The van der Waals surface area contributed by atoms with Gasteiger partial charge in [-0.2, -0.15) is 0 Å². The highest BCUT2D eigenvalue weighted by Gasteiger charge is 2.38. The smallest absolute Gasteiger partial charge is 0.306 e. The lowest BCUT2D eigenvalue weighted by atomic mass is 9.80. The molecule has 3 aliphatic rings. The number of hydrogen-bond donors (Lipinski definition) is 5. The second-order valence-electron chi connectivity index (χ2n) is 16.4. The first-order valence-electron chi connectivity index (χ1n) is 20.0. The standard InChI is InChI=1S/C45H48N2O11/c1-19-14-25-31-36-32(41(50)40(25)47-18-22-8-12-24(13-9-22)45(54)55)26(46-17-21-6-10-23(11-7-21)44(52)53)15-28(56-3)34(36)35-29(57-4)16-27(49)33-38(35)37(31)39(30(19)20(2)48)43(58-5)42(33)51/h14-16,21-24,30,46-47,51H,6-13,17-18H2,1-5H3,(H,52,53)(H,54,55). The van der Waals surface area contributed by atoms with Crippen molar-refractivity contribution in [2.75, 3.05) is 45.1 Å². The van der Waals surface area contributed by atoms with Gasteiger partial charge in [-0.3, -0.25) is 24.0 Å². The van der Waals surface area contributed by atoms with Crippen LogP contribution >= 0.6 is 0 Å². The molecule has 0 amide bonds. The first-order valence-corrected chi connectivity index (χ1v) is 20.0. The number of carbonyl (C=O) groups excluding carboxylic acids is 1. The molecule has 0 aromatic heterocycles.